The first-order valence-electron chi connectivity index (χ1n) is 7.29. The second-order valence-electron chi connectivity index (χ2n) is 6.88. The van der Waals surface area contributed by atoms with E-state index in [0.717, 1.165) is 12.1 Å². The number of halogens is 1. The third kappa shape index (κ3) is 3.12. The molecule has 2 unspecified atom stereocenters. The van der Waals surface area contributed by atoms with Crippen LogP contribution < -0.4 is 5.32 Å². The van der Waals surface area contributed by atoms with Crippen LogP contribution in [-0.2, 0) is 0 Å². The molecule has 1 N–H and O–H groups in total. The van der Waals surface area contributed by atoms with Gasteiger partial charge in [0.1, 0.15) is 5.82 Å². The van der Waals surface area contributed by atoms with Crippen molar-refractivity contribution in [2.24, 2.45) is 11.3 Å². The molecule has 0 bridgehead atoms. The first kappa shape index (κ1) is 14.8. The van der Waals surface area contributed by atoms with E-state index in [4.69, 9.17) is 5.26 Å². The molecule has 2 rings (SSSR count). The Balaban J connectivity index is 2.19. The van der Waals surface area contributed by atoms with Crippen molar-refractivity contribution in [2.75, 3.05) is 5.32 Å². The molecule has 3 heteroatoms. The maximum atomic E-state index is 13.8. The summed E-state index contributed by atoms with van der Waals surface area (Å²) in [5, 5.41) is 12.4. The van der Waals surface area contributed by atoms with Gasteiger partial charge >= 0.3 is 0 Å². The molecule has 1 aliphatic rings. The minimum absolute atomic E-state index is 0.310. The molecule has 0 saturated heterocycles. The van der Waals surface area contributed by atoms with E-state index in [1.54, 1.807) is 13.0 Å². The number of nitrogens with zero attached hydrogens (tertiary/aromatic N) is 1. The maximum absolute atomic E-state index is 13.8. The Kier molecular flexibility index (Phi) is 4.04. The van der Waals surface area contributed by atoms with Gasteiger partial charge in [-0.1, -0.05) is 20.8 Å². The molecule has 1 aromatic rings. The molecule has 1 fully saturated rings. The van der Waals surface area contributed by atoms with Crippen molar-refractivity contribution in [1.82, 2.24) is 0 Å². The Morgan fingerprint density at radius 1 is 1.40 bits per heavy atom. The fraction of sp³-hybridized carbons (Fsp3) is 0.588. The maximum Gasteiger partial charge on any atom is 0.129 e. The van der Waals surface area contributed by atoms with Crippen LogP contribution in [0.2, 0.25) is 0 Å². The third-order valence-corrected chi connectivity index (χ3v) is 4.51. The van der Waals surface area contributed by atoms with Gasteiger partial charge < -0.3 is 5.32 Å². The van der Waals surface area contributed by atoms with Crippen LogP contribution in [0.5, 0.6) is 0 Å². The molecule has 2 nitrogen and oxygen atoms in total. The number of benzene rings is 1. The van der Waals surface area contributed by atoms with Crippen LogP contribution in [0.15, 0.2) is 12.1 Å². The minimum Gasteiger partial charge on any atom is -0.382 e. The van der Waals surface area contributed by atoms with Crippen molar-refractivity contribution in [3.05, 3.63) is 29.1 Å². The molecular weight excluding hydrogens is 251 g/mol. The highest BCUT2D eigenvalue weighted by molar-refractivity contribution is 5.56. The molecule has 0 aromatic heterocycles. The van der Waals surface area contributed by atoms with Gasteiger partial charge in [0.25, 0.3) is 0 Å². The van der Waals surface area contributed by atoms with Crippen LogP contribution in [0.4, 0.5) is 10.1 Å². The van der Waals surface area contributed by atoms with Gasteiger partial charge in [0.05, 0.1) is 11.6 Å². The number of nitrogens with one attached hydrogen (secondary N) is 1. The first-order chi connectivity index (χ1) is 9.32. The standard InChI is InChI=1S/C17H23FN2/c1-11-9-17(3,4)6-5-15(11)20-16-8-13(10-19)7-14(18)12(16)2/h7-8,11,15,20H,5-6,9H2,1-4H3. The Labute approximate surface area is 121 Å². The largest absolute Gasteiger partial charge is 0.382 e. The molecule has 1 aromatic carbocycles. The molecule has 2 atom stereocenters. The summed E-state index contributed by atoms with van der Waals surface area (Å²) in [5.41, 5.74) is 2.13. The van der Waals surface area contributed by atoms with Crippen molar-refractivity contribution < 1.29 is 4.39 Å². The average molecular weight is 274 g/mol. The highest BCUT2D eigenvalue weighted by atomic mass is 19.1. The monoisotopic (exact) mass is 274 g/mol. The van der Waals surface area contributed by atoms with Gasteiger partial charge in [-0.3, -0.25) is 0 Å². The van der Waals surface area contributed by atoms with Gasteiger partial charge in [0.15, 0.2) is 0 Å². The molecular formula is C17H23FN2. The SMILES string of the molecule is Cc1c(F)cc(C#N)cc1NC1CCC(C)(C)CC1C. The quantitative estimate of drug-likeness (QED) is 0.853. The van der Waals surface area contributed by atoms with Crippen molar-refractivity contribution in [2.45, 2.75) is 53.0 Å². The summed E-state index contributed by atoms with van der Waals surface area (Å²) in [6.07, 6.45) is 3.44. The summed E-state index contributed by atoms with van der Waals surface area (Å²) in [6.45, 7) is 8.62. The normalized spacial score (nSPS) is 25.0. The van der Waals surface area contributed by atoms with E-state index in [1.807, 2.05) is 6.07 Å². The Bertz CT molecular complexity index is 543. The summed E-state index contributed by atoms with van der Waals surface area (Å²) in [6, 6.07) is 5.43. The number of hydrogen-bond donors (Lipinski definition) is 1. The van der Waals surface area contributed by atoms with Gasteiger partial charge in [-0.25, -0.2) is 4.39 Å². The predicted molar refractivity (Wildman–Crippen MR) is 80.1 cm³/mol. The van der Waals surface area contributed by atoms with Crippen molar-refractivity contribution >= 4 is 5.69 Å². The number of rotatable bonds is 2. The van der Waals surface area contributed by atoms with Gasteiger partial charge in [-0.05, 0) is 49.7 Å². The van der Waals surface area contributed by atoms with Gasteiger partial charge in [0, 0.05) is 17.3 Å². The predicted octanol–water partition coefficient (Wildman–Crippen LogP) is 4.63. The van der Waals surface area contributed by atoms with Gasteiger partial charge in [-0.2, -0.15) is 5.26 Å². The van der Waals surface area contributed by atoms with E-state index in [2.05, 4.69) is 26.1 Å². The molecule has 0 amide bonds. The molecule has 0 spiro atoms. The van der Waals surface area contributed by atoms with Crippen molar-refractivity contribution in [3.63, 3.8) is 0 Å². The zero-order valence-corrected chi connectivity index (χ0v) is 12.8. The van der Waals surface area contributed by atoms with Crippen LogP contribution in [0.3, 0.4) is 0 Å². The summed E-state index contributed by atoms with van der Waals surface area (Å²) in [5.74, 6) is 0.238. The van der Waals surface area contributed by atoms with Crippen molar-refractivity contribution in [3.8, 4) is 6.07 Å². The van der Waals surface area contributed by atoms with E-state index in [9.17, 15) is 4.39 Å². The van der Waals surface area contributed by atoms with Crippen LogP contribution in [0.25, 0.3) is 0 Å². The first-order valence-corrected chi connectivity index (χ1v) is 7.29. The number of anilines is 1. The van der Waals surface area contributed by atoms with Crippen LogP contribution in [-0.4, -0.2) is 6.04 Å². The second kappa shape index (κ2) is 5.44. The zero-order valence-electron chi connectivity index (χ0n) is 12.8. The van der Waals surface area contributed by atoms with Gasteiger partial charge in [-0.15, -0.1) is 0 Å². The average Bonchev–Trinajstić information content (AvgIpc) is 2.37. The van der Waals surface area contributed by atoms with Crippen LogP contribution >= 0.6 is 0 Å². The van der Waals surface area contributed by atoms with Crippen LogP contribution in [0.1, 0.15) is 51.2 Å². The van der Waals surface area contributed by atoms with E-state index in [0.29, 0.717) is 28.5 Å². The van der Waals surface area contributed by atoms with E-state index < -0.39 is 0 Å². The lowest BCUT2D eigenvalue weighted by Crippen LogP contribution is -2.37. The lowest BCUT2D eigenvalue weighted by atomic mass is 9.70. The minimum atomic E-state index is -0.310. The molecule has 20 heavy (non-hydrogen) atoms. The van der Waals surface area contributed by atoms with Crippen molar-refractivity contribution in [1.29, 1.82) is 5.26 Å². The topological polar surface area (TPSA) is 35.8 Å². The van der Waals surface area contributed by atoms with Crippen LogP contribution in [0, 0.1) is 35.4 Å². The summed E-state index contributed by atoms with van der Waals surface area (Å²) in [7, 11) is 0. The summed E-state index contributed by atoms with van der Waals surface area (Å²) >= 11 is 0. The number of hydrogen-bond acceptors (Lipinski definition) is 2. The van der Waals surface area contributed by atoms with Gasteiger partial charge in [0.2, 0.25) is 0 Å². The zero-order chi connectivity index (χ0) is 14.9. The highest BCUT2D eigenvalue weighted by Gasteiger charge is 2.32. The Morgan fingerprint density at radius 3 is 2.70 bits per heavy atom. The summed E-state index contributed by atoms with van der Waals surface area (Å²) in [4.78, 5) is 0. The third-order valence-electron chi connectivity index (χ3n) is 4.51. The van der Waals surface area contributed by atoms with E-state index in [1.165, 1.54) is 18.9 Å². The molecule has 0 aliphatic heterocycles. The molecule has 108 valence electrons. The molecule has 1 aliphatic carbocycles. The lowest BCUT2D eigenvalue weighted by Gasteiger charge is -2.40. The molecule has 0 heterocycles. The Hall–Kier alpha value is -1.56. The summed E-state index contributed by atoms with van der Waals surface area (Å²) < 4.78 is 13.8. The lowest BCUT2D eigenvalue weighted by molar-refractivity contribution is 0.177. The molecule has 1 saturated carbocycles. The highest BCUT2D eigenvalue weighted by Crippen LogP contribution is 2.39. The van der Waals surface area contributed by atoms with E-state index >= 15 is 0 Å². The fourth-order valence-corrected chi connectivity index (χ4v) is 3.25. The van der Waals surface area contributed by atoms with E-state index in [-0.39, 0.29) is 5.82 Å². The second-order valence-corrected chi connectivity index (χ2v) is 6.88. The fourth-order valence-electron chi connectivity index (χ4n) is 3.25. The number of nitriles is 1. The Morgan fingerprint density at radius 2 is 2.10 bits per heavy atom. The smallest absolute Gasteiger partial charge is 0.129 e. The molecule has 0 radical (unpaired) electrons.